The molecule has 2 heteroatoms. The average Bonchev–Trinajstić information content (AvgIpc) is 3.45. The third kappa shape index (κ3) is 3.57. The maximum absolute atomic E-state index is 4.97. The average molecular weight is 549 g/mol. The molecule has 1 heterocycles. The number of hydrogen-bond acceptors (Lipinski definition) is 1. The molecule has 0 unspecified atom stereocenters. The standard InChI is InChI=1S/C41H28N2/c1-2-43-38-16-6-5-15-37(38)42-41(43)29-21-17-26(18-22-29)30-23-24-33-35-14-8-10-28-20-19-27-9-7-13-34(39(27)40(28)35)31-11-3-4-12-32(31)36(33)25-30/h3-25H,2H2,1H3. The zero-order chi connectivity index (χ0) is 28.5. The summed E-state index contributed by atoms with van der Waals surface area (Å²) >= 11 is 0. The van der Waals surface area contributed by atoms with Crippen molar-refractivity contribution in [3.63, 3.8) is 0 Å². The summed E-state index contributed by atoms with van der Waals surface area (Å²) in [6.07, 6.45) is 0. The van der Waals surface area contributed by atoms with Gasteiger partial charge < -0.3 is 4.57 Å². The van der Waals surface area contributed by atoms with E-state index in [-0.39, 0.29) is 0 Å². The van der Waals surface area contributed by atoms with E-state index >= 15 is 0 Å². The number of fused-ring (bicyclic) bond motifs is 6. The molecule has 0 aliphatic heterocycles. The van der Waals surface area contributed by atoms with Gasteiger partial charge in [0.2, 0.25) is 0 Å². The van der Waals surface area contributed by atoms with Crippen LogP contribution in [0.2, 0.25) is 0 Å². The van der Waals surface area contributed by atoms with Crippen molar-refractivity contribution in [1.82, 2.24) is 9.55 Å². The third-order valence-corrected chi connectivity index (χ3v) is 9.15. The molecule has 0 spiro atoms. The molecule has 0 amide bonds. The van der Waals surface area contributed by atoms with Crippen LogP contribution in [0.4, 0.5) is 0 Å². The summed E-state index contributed by atoms with van der Waals surface area (Å²) in [5.74, 6) is 1.02. The van der Waals surface area contributed by atoms with Gasteiger partial charge in [-0.05, 0) is 90.1 Å². The minimum absolute atomic E-state index is 0.880. The van der Waals surface area contributed by atoms with Crippen LogP contribution in [0.15, 0.2) is 140 Å². The highest BCUT2D eigenvalue weighted by molar-refractivity contribution is 6.32. The Kier molecular flexibility index (Phi) is 5.21. The smallest absolute Gasteiger partial charge is 0.141 e. The number of aryl methyl sites for hydroxylation is 1. The number of imidazole rings is 1. The number of hydrogen-bond donors (Lipinski definition) is 0. The maximum atomic E-state index is 4.97. The van der Waals surface area contributed by atoms with Gasteiger partial charge in [-0.2, -0.15) is 0 Å². The van der Waals surface area contributed by atoms with Gasteiger partial charge in [0.1, 0.15) is 5.82 Å². The second-order valence-corrected chi connectivity index (χ2v) is 11.4. The highest BCUT2D eigenvalue weighted by Gasteiger charge is 2.14. The van der Waals surface area contributed by atoms with Crippen LogP contribution in [-0.2, 0) is 6.54 Å². The summed E-state index contributed by atoms with van der Waals surface area (Å²) in [6.45, 7) is 3.06. The summed E-state index contributed by atoms with van der Waals surface area (Å²) in [6, 6.07) is 51.1. The van der Waals surface area contributed by atoms with Gasteiger partial charge in [-0.3, -0.25) is 0 Å². The van der Waals surface area contributed by atoms with E-state index in [9.17, 15) is 0 Å². The summed E-state index contributed by atoms with van der Waals surface area (Å²) < 4.78 is 2.30. The van der Waals surface area contributed by atoms with Gasteiger partial charge in [0.15, 0.2) is 0 Å². The van der Waals surface area contributed by atoms with Crippen molar-refractivity contribution in [3.05, 3.63) is 140 Å². The number of benzene rings is 7. The van der Waals surface area contributed by atoms with E-state index in [1.54, 1.807) is 0 Å². The van der Waals surface area contributed by atoms with E-state index in [1.807, 2.05) is 0 Å². The molecule has 0 fully saturated rings. The summed E-state index contributed by atoms with van der Waals surface area (Å²) in [4.78, 5) is 4.97. The lowest BCUT2D eigenvalue weighted by Crippen LogP contribution is -1.97. The SMILES string of the molecule is CCn1c(-c2ccc(-c3ccc4c(c3)c3ccccc3c3cccc5ccc6cccc4c6c53)cc2)nc2ccccc21. The number of nitrogens with zero attached hydrogens (tertiary/aromatic N) is 2. The quantitative estimate of drug-likeness (QED) is 0.201. The van der Waals surface area contributed by atoms with Gasteiger partial charge in [0, 0.05) is 12.1 Å². The first kappa shape index (κ1) is 24.2. The molecule has 0 bridgehead atoms. The Morgan fingerprint density at radius 2 is 1.02 bits per heavy atom. The van der Waals surface area contributed by atoms with Crippen molar-refractivity contribution in [1.29, 1.82) is 0 Å². The monoisotopic (exact) mass is 548 g/mol. The first-order chi connectivity index (χ1) is 21.3. The van der Waals surface area contributed by atoms with Crippen LogP contribution in [-0.4, -0.2) is 9.55 Å². The van der Waals surface area contributed by atoms with Crippen molar-refractivity contribution in [2.45, 2.75) is 13.5 Å². The van der Waals surface area contributed by atoms with Crippen LogP contribution in [0, 0.1) is 0 Å². The van der Waals surface area contributed by atoms with Crippen LogP contribution < -0.4 is 0 Å². The lowest BCUT2D eigenvalue weighted by Gasteiger charge is -2.14. The Hall–Kier alpha value is -5.47. The fourth-order valence-corrected chi connectivity index (χ4v) is 7.17. The Balaban J connectivity index is 1.30. The zero-order valence-electron chi connectivity index (χ0n) is 23.9. The van der Waals surface area contributed by atoms with Gasteiger partial charge in [0.25, 0.3) is 0 Å². The fourth-order valence-electron chi connectivity index (χ4n) is 7.17. The van der Waals surface area contributed by atoms with Crippen molar-refractivity contribution >= 4 is 64.9 Å². The van der Waals surface area contributed by atoms with Crippen molar-refractivity contribution < 1.29 is 0 Å². The normalized spacial score (nSPS) is 11.9. The molecule has 9 rings (SSSR count). The number of rotatable bonds is 3. The highest BCUT2D eigenvalue weighted by atomic mass is 15.1. The molecule has 9 aromatic rings. The first-order valence-electron chi connectivity index (χ1n) is 15.0. The second kappa shape index (κ2) is 9.27. The van der Waals surface area contributed by atoms with Gasteiger partial charge in [-0.25, -0.2) is 4.98 Å². The second-order valence-electron chi connectivity index (χ2n) is 11.4. The fraction of sp³-hybridized carbons (Fsp3) is 0.0488. The Morgan fingerprint density at radius 1 is 0.465 bits per heavy atom. The van der Waals surface area contributed by atoms with Crippen LogP contribution in [0.1, 0.15) is 6.92 Å². The summed E-state index contributed by atoms with van der Waals surface area (Å²) in [5.41, 5.74) is 5.76. The Morgan fingerprint density at radius 3 is 1.72 bits per heavy atom. The summed E-state index contributed by atoms with van der Waals surface area (Å²) in [7, 11) is 0. The lowest BCUT2D eigenvalue weighted by atomic mass is 9.89. The van der Waals surface area contributed by atoms with Gasteiger partial charge >= 0.3 is 0 Å². The van der Waals surface area contributed by atoms with Gasteiger partial charge in [-0.1, -0.05) is 121 Å². The Labute approximate surface area is 249 Å². The molecule has 0 aliphatic carbocycles. The molecule has 0 saturated carbocycles. The molecule has 0 atom stereocenters. The summed E-state index contributed by atoms with van der Waals surface area (Å²) in [5, 5.41) is 12.9. The van der Waals surface area contributed by atoms with Gasteiger partial charge in [0.05, 0.1) is 11.0 Å². The topological polar surface area (TPSA) is 17.8 Å². The number of para-hydroxylation sites is 2. The molecule has 2 nitrogen and oxygen atoms in total. The van der Waals surface area contributed by atoms with Crippen molar-refractivity contribution in [3.8, 4) is 22.5 Å². The largest absolute Gasteiger partial charge is 0.324 e. The van der Waals surface area contributed by atoms with E-state index in [4.69, 9.17) is 4.98 Å². The molecule has 1 aromatic heterocycles. The van der Waals surface area contributed by atoms with Crippen LogP contribution in [0.25, 0.3) is 87.4 Å². The molecule has 43 heavy (non-hydrogen) atoms. The molecular formula is C41H28N2. The van der Waals surface area contributed by atoms with E-state index < -0.39 is 0 Å². The predicted octanol–water partition coefficient (Wildman–Crippen LogP) is 11.2. The molecular weight excluding hydrogens is 520 g/mol. The number of aromatic nitrogens is 2. The predicted molar refractivity (Wildman–Crippen MR) is 184 cm³/mol. The van der Waals surface area contributed by atoms with E-state index in [0.29, 0.717) is 0 Å². The molecule has 202 valence electrons. The van der Waals surface area contributed by atoms with Crippen LogP contribution >= 0.6 is 0 Å². The zero-order valence-corrected chi connectivity index (χ0v) is 23.9. The minimum Gasteiger partial charge on any atom is -0.324 e. The first-order valence-corrected chi connectivity index (χ1v) is 15.0. The molecule has 0 aliphatic rings. The third-order valence-electron chi connectivity index (χ3n) is 9.15. The Bertz CT molecular complexity index is 2530. The molecule has 0 radical (unpaired) electrons. The van der Waals surface area contributed by atoms with E-state index in [2.05, 4.69) is 151 Å². The van der Waals surface area contributed by atoms with E-state index in [1.165, 1.54) is 70.5 Å². The van der Waals surface area contributed by atoms with Crippen LogP contribution in [0.5, 0.6) is 0 Å². The molecule has 0 saturated heterocycles. The molecule has 8 aromatic carbocycles. The van der Waals surface area contributed by atoms with Crippen molar-refractivity contribution in [2.24, 2.45) is 0 Å². The highest BCUT2D eigenvalue weighted by Crippen LogP contribution is 2.41. The lowest BCUT2D eigenvalue weighted by molar-refractivity contribution is 0.796. The van der Waals surface area contributed by atoms with Crippen molar-refractivity contribution in [2.75, 3.05) is 0 Å². The van der Waals surface area contributed by atoms with Crippen LogP contribution in [0.3, 0.4) is 0 Å². The van der Waals surface area contributed by atoms with E-state index in [0.717, 1.165) is 23.4 Å². The minimum atomic E-state index is 0.880. The van der Waals surface area contributed by atoms with Gasteiger partial charge in [-0.15, -0.1) is 0 Å². The molecule has 0 N–H and O–H groups in total. The maximum Gasteiger partial charge on any atom is 0.141 e.